The Kier molecular flexibility index (Phi) is 4.34. The number of morpholine rings is 1. The maximum atomic E-state index is 5.32. The summed E-state index contributed by atoms with van der Waals surface area (Å²) in [5.41, 5.74) is 4.91. The Balaban J connectivity index is 1.77. The molecule has 1 unspecified atom stereocenters. The summed E-state index contributed by atoms with van der Waals surface area (Å²) in [6, 6.07) is 11.1. The van der Waals surface area contributed by atoms with Gasteiger partial charge in [0.1, 0.15) is 0 Å². The van der Waals surface area contributed by atoms with Gasteiger partial charge in [0.15, 0.2) is 0 Å². The van der Waals surface area contributed by atoms with Gasteiger partial charge in [0.25, 0.3) is 0 Å². The summed E-state index contributed by atoms with van der Waals surface area (Å²) in [7, 11) is 0. The molecular formula is C13H20N2O. The van der Waals surface area contributed by atoms with Gasteiger partial charge in [-0.15, -0.1) is 0 Å². The SMILES string of the molecule is CC(Cc1ccccc1)NN1CCOCC1. The molecule has 1 N–H and O–H groups in total. The van der Waals surface area contributed by atoms with Crippen molar-refractivity contribution in [1.29, 1.82) is 0 Å². The molecule has 1 aliphatic rings. The van der Waals surface area contributed by atoms with E-state index in [4.69, 9.17) is 4.74 Å². The summed E-state index contributed by atoms with van der Waals surface area (Å²) in [4.78, 5) is 0. The molecule has 16 heavy (non-hydrogen) atoms. The molecule has 0 aromatic heterocycles. The zero-order chi connectivity index (χ0) is 11.2. The summed E-state index contributed by atoms with van der Waals surface area (Å²) in [6.45, 7) is 5.87. The van der Waals surface area contributed by atoms with Crippen LogP contribution in [0.1, 0.15) is 12.5 Å². The molecule has 0 saturated carbocycles. The number of nitrogens with zero attached hydrogens (tertiary/aromatic N) is 1. The van der Waals surface area contributed by atoms with Gasteiger partial charge >= 0.3 is 0 Å². The highest BCUT2D eigenvalue weighted by Gasteiger charge is 2.12. The third-order valence-electron chi connectivity index (χ3n) is 2.80. The van der Waals surface area contributed by atoms with E-state index in [0.717, 1.165) is 32.7 Å². The number of hydrogen-bond acceptors (Lipinski definition) is 3. The molecule has 1 fully saturated rings. The van der Waals surface area contributed by atoms with Crippen molar-refractivity contribution in [1.82, 2.24) is 10.4 Å². The fraction of sp³-hybridized carbons (Fsp3) is 0.538. The molecule has 1 atom stereocenters. The zero-order valence-electron chi connectivity index (χ0n) is 9.86. The second-order valence-electron chi connectivity index (χ2n) is 4.32. The van der Waals surface area contributed by atoms with Gasteiger partial charge in [0, 0.05) is 19.1 Å². The first-order valence-corrected chi connectivity index (χ1v) is 5.97. The zero-order valence-corrected chi connectivity index (χ0v) is 9.86. The largest absolute Gasteiger partial charge is 0.379 e. The highest BCUT2D eigenvalue weighted by atomic mass is 16.5. The molecule has 88 valence electrons. The van der Waals surface area contributed by atoms with Crippen molar-refractivity contribution >= 4 is 0 Å². The molecule has 2 rings (SSSR count). The van der Waals surface area contributed by atoms with E-state index < -0.39 is 0 Å². The average Bonchev–Trinajstić information content (AvgIpc) is 2.31. The summed E-state index contributed by atoms with van der Waals surface area (Å²) in [5.74, 6) is 0. The van der Waals surface area contributed by atoms with Crippen LogP contribution in [0.5, 0.6) is 0 Å². The first-order valence-electron chi connectivity index (χ1n) is 5.97. The van der Waals surface area contributed by atoms with Crippen LogP contribution in [0.15, 0.2) is 30.3 Å². The Bertz CT molecular complexity index is 296. The number of ether oxygens (including phenoxy) is 1. The van der Waals surface area contributed by atoms with Crippen LogP contribution in [0.25, 0.3) is 0 Å². The molecule has 1 saturated heterocycles. The number of nitrogens with one attached hydrogen (secondary N) is 1. The van der Waals surface area contributed by atoms with Crippen LogP contribution in [0, 0.1) is 0 Å². The third-order valence-corrected chi connectivity index (χ3v) is 2.80. The molecule has 1 aromatic rings. The standard InChI is InChI=1S/C13H20N2O/c1-12(11-13-5-3-2-4-6-13)14-15-7-9-16-10-8-15/h2-6,12,14H,7-11H2,1H3. The molecule has 0 spiro atoms. The van der Waals surface area contributed by atoms with Crippen LogP contribution >= 0.6 is 0 Å². The van der Waals surface area contributed by atoms with Crippen LogP contribution in [-0.2, 0) is 11.2 Å². The molecular weight excluding hydrogens is 200 g/mol. The maximum Gasteiger partial charge on any atom is 0.0608 e. The summed E-state index contributed by atoms with van der Waals surface area (Å²) < 4.78 is 5.32. The molecule has 3 nitrogen and oxygen atoms in total. The van der Waals surface area contributed by atoms with Crippen molar-refractivity contribution < 1.29 is 4.74 Å². The average molecular weight is 220 g/mol. The number of rotatable bonds is 4. The van der Waals surface area contributed by atoms with Crippen molar-refractivity contribution in [3.8, 4) is 0 Å². The fourth-order valence-electron chi connectivity index (χ4n) is 2.02. The van der Waals surface area contributed by atoms with Gasteiger partial charge in [-0.2, -0.15) is 0 Å². The van der Waals surface area contributed by atoms with E-state index in [2.05, 4.69) is 47.7 Å². The van der Waals surface area contributed by atoms with Gasteiger partial charge in [-0.05, 0) is 18.9 Å². The predicted octanol–water partition coefficient (Wildman–Crippen LogP) is 1.45. The smallest absolute Gasteiger partial charge is 0.0608 e. The Morgan fingerprint density at radius 3 is 2.62 bits per heavy atom. The lowest BCUT2D eigenvalue weighted by molar-refractivity contribution is 0.00511. The lowest BCUT2D eigenvalue weighted by Gasteiger charge is -2.30. The molecule has 0 amide bonds. The Labute approximate surface area is 97.4 Å². The first kappa shape index (κ1) is 11.6. The minimum absolute atomic E-state index is 0.473. The molecule has 3 heteroatoms. The van der Waals surface area contributed by atoms with Crippen molar-refractivity contribution in [2.75, 3.05) is 26.3 Å². The lowest BCUT2D eigenvalue weighted by atomic mass is 10.1. The minimum Gasteiger partial charge on any atom is -0.379 e. The van der Waals surface area contributed by atoms with Crippen LogP contribution in [0.4, 0.5) is 0 Å². The Morgan fingerprint density at radius 2 is 1.94 bits per heavy atom. The van der Waals surface area contributed by atoms with Gasteiger partial charge < -0.3 is 4.74 Å². The van der Waals surface area contributed by atoms with E-state index in [1.165, 1.54) is 5.56 Å². The van der Waals surface area contributed by atoms with E-state index in [9.17, 15) is 0 Å². The first-order chi connectivity index (χ1) is 7.84. The van der Waals surface area contributed by atoms with Gasteiger partial charge in [-0.3, -0.25) is 5.43 Å². The van der Waals surface area contributed by atoms with Gasteiger partial charge in [0.05, 0.1) is 13.2 Å². The molecule has 0 bridgehead atoms. The summed E-state index contributed by atoms with van der Waals surface area (Å²) >= 11 is 0. The van der Waals surface area contributed by atoms with Crippen LogP contribution in [0.2, 0.25) is 0 Å². The van der Waals surface area contributed by atoms with Gasteiger partial charge in [-0.25, -0.2) is 5.01 Å². The monoisotopic (exact) mass is 220 g/mol. The van der Waals surface area contributed by atoms with Crippen molar-refractivity contribution in [3.63, 3.8) is 0 Å². The lowest BCUT2D eigenvalue weighted by Crippen LogP contribution is -2.49. The molecule has 1 heterocycles. The minimum atomic E-state index is 0.473. The van der Waals surface area contributed by atoms with Gasteiger partial charge in [0.2, 0.25) is 0 Å². The summed E-state index contributed by atoms with van der Waals surface area (Å²) in [5, 5.41) is 2.26. The van der Waals surface area contributed by atoms with Crippen molar-refractivity contribution in [2.45, 2.75) is 19.4 Å². The molecule has 0 aliphatic carbocycles. The topological polar surface area (TPSA) is 24.5 Å². The predicted molar refractivity (Wildman–Crippen MR) is 65.1 cm³/mol. The Hall–Kier alpha value is -0.900. The highest BCUT2D eigenvalue weighted by Crippen LogP contribution is 2.03. The highest BCUT2D eigenvalue weighted by molar-refractivity contribution is 5.15. The van der Waals surface area contributed by atoms with E-state index in [0.29, 0.717) is 6.04 Å². The third kappa shape index (κ3) is 3.59. The van der Waals surface area contributed by atoms with Crippen LogP contribution in [-0.4, -0.2) is 37.4 Å². The maximum absolute atomic E-state index is 5.32. The van der Waals surface area contributed by atoms with Crippen LogP contribution in [0.3, 0.4) is 0 Å². The van der Waals surface area contributed by atoms with Crippen LogP contribution < -0.4 is 5.43 Å². The molecule has 1 aromatic carbocycles. The van der Waals surface area contributed by atoms with Crippen molar-refractivity contribution in [3.05, 3.63) is 35.9 Å². The normalized spacial score (nSPS) is 19.6. The van der Waals surface area contributed by atoms with E-state index in [-0.39, 0.29) is 0 Å². The van der Waals surface area contributed by atoms with E-state index in [1.807, 2.05) is 0 Å². The van der Waals surface area contributed by atoms with Crippen molar-refractivity contribution in [2.24, 2.45) is 0 Å². The number of hydrogen-bond donors (Lipinski definition) is 1. The number of benzene rings is 1. The fourth-order valence-corrected chi connectivity index (χ4v) is 2.02. The number of hydrazine groups is 1. The second-order valence-corrected chi connectivity index (χ2v) is 4.32. The van der Waals surface area contributed by atoms with E-state index >= 15 is 0 Å². The molecule has 0 radical (unpaired) electrons. The summed E-state index contributed by atoms with van der Waals surface area (Å²) in [6.07, 6.45) is 1.07. The molecule has 1 aliphatic heterocycles. The second kappa shape index (κ2) is 5.99. The van der Waals surface area contributed by atoms with E-state index in [1.54, 1.807) is 0 Å². The van der Waals surface area contributed by atoms with Gasteiger partial charge in [-0.1, -0.05) is 30.3 Å². The quantitative estimate of drug-likeness (QED) is 0.831. The Morgan fingerprint density at radius 1 is 1.25 bits per heavy atom.